The number of carbonyl (C=O) groups is 2. The molecule has 1 aromatic rings. The van der Waals surface area contributed by atoms with Crippen molar-refractivity contribution in [1.29, 1.82) is 0 Å². The van der Waals surface area contributed by atoms with Gasteiger partial charge in [0.25, 0.3) is 0 Å². The summed E-state index contributed by atoms with van der Waals surface area (Å²) in [4.78, 5) is 21.8. The lowest BCUT2D eigenvalue weighted by molar-refractivity contribution is -0.122. The molecule has 0 saturated heterocycles. The minimum Gasteiger partial charge on any atom is -0.370 e. The van der Waals surface area contributed by atoms with Gasteiger partial charge in [0.05, 0.1) is 0 Å². The molecule has 0 unspecified atom stereocenters. The molecule has 0 heterocycles. The van der Waals surface area contributed by atoms with E-state index in [0.717, 1.165) is 11.3 Å². The summed E-state index contributed by atoms with van der Waals surface area (Å²) in [7, 11) is 0. The van der Waals surface area contributed by atoms with E-state index in [9.17, 15) is 9.59 Å². The summed E-state index contributed by atoms with van der Waals surface area (Å²) < 4.78 is 0. The molecule has 2 amide bonds. The van der Waals surface area contributed by atoms with Gasteiger partial charge in [-0.1, -0.05) is 18.2 Å². The largest absolute Gasteiger partial charge is 0.370 e. The molecular weight excluding hydrogens is 192 g/mol. The number of aryl methyl sites for hydroxylation is 1. The molecule has 0 aliphatic carbocycles. The molecule has 0 atom stereocenters. The monoisotopic (exact) mass is 206 g/mol. The van der Waals surface area contributed by atoms with Gasteiger partial charge in [0, 0.05) is 18.5 Å². The van der Waals surface area contributed by atoms with E-state index in [1.165, 1.54) is 0 Å². The predicted molar refractivity (Wildman–Crippen MR) is 58.2 cm³/mol. The third-order valence-corrected chi connectivity index (χ3v) is 2.02. The lowest BCUT2D eigenvalue weighted by atomic mass is 10.2. The molecule has 0 fully saturated rings. The number of carbonyl (C=O) groups excluding carboxylic acids is 2. The molecule has 3 N–H and O–H groups in total. The van der Waals surface area contributed by atoms with Crippen molar-refractivity contribution in [3.63, 3.8) is 0 Å². The molecule has 0 aliphatic heterocycles. The minimum atomic E-state index is -0.463. The van der Waals surface area contributed by atoms with Gasteiger partial charge in [0.1, 0.15) is 0 Å². The highest BCUT2D eigenvalue weighted by Gasteiger charge is 2.05. The van der Waals surface area contributed by atoms with E-state index in [1.54, 1.807) is 0 Å². The van der Waals surface area contributed by atoms with Crippen LogP contribution in [-0.4, -0.2) is 11.8 Å². The first kappa shape index (κ1) is 11.2. The van der Waals surface area contributed by atoms with Gasteiger partial charge < -0.3 is 11.1 Å². The Bertz CT molecular complexity index is 375. The van der Waals surface area contributed by atoms with Crippen LogP contribution in [0.2, 0.25) is 0 Å². The highest BCUT2D eigenvalue weighted by molar-refractivity contribution is 5.93. The van der Waals surface area contributed by atoms with E-state index >= 15 is 0 Å². The molecule has 4 nitrogen and oxygen atoms in total. The molecule has 0 spiro atoms. The van der Waals surface area contributed by atoms with Crippen LogP contribution in [0.15, 0.2) is 24.3 Å². The third-order valence-electron chi connectivity index (χ3n) is 2.02. The van der Waals surface area contributed by atoms with Gasteiger partial charge in [-0.2, -0.15) is 0 Å². The van der Waals surface area contributed by atoms with E-state index in [0.29, 0.717) is 0 Å². The Hall–Kier alpha value is -1.84. The van der Waals surface area contributed by atoms with Crippen molar-refractivity contribution in [3.8, 4) is 0 Å². The molecule has 15 heavy (non-hydrogen) atoms. The van der Waals surface area contributed by atoms with Crippen molar-refractivity contribution in [3.05, 3.63) is 29.8 Å². The van der Waals surface area contributed by atoms with E-state index in [-0.39, 0.29) is 18.7 Å². The molecular formula is C11H14N2O2. The van der Waals surface area contributed by atoms with Crippen LogP contribution in [0, 0.1) is 6.92 Å². The second-order valence-electron chi connectivity index (χ2n) is 3.33. The van der Waals surface area contributed by atoms with Crippen LogP contribution in [0.5, 0.6) is 0 Å². The number of rotatable bonds is 4. The van der Waals surface area contributed by atoms with Crippen LogP contribution in [0.1, 0.15) is 18.4 Å². The number of nitrogens with two attached hydrogens (primary N) is 1. The second-order valence-corrected chi connectivity index (χ2v) is 3.33. The van der Waals surface area contributed by atoms with E-state index in [4.69, 9.17) is 5.73 Å². The SMILES string of the molecule is Cc1ccccc1NC(=O)CCC(N)=O. The summed E-state index contributed by atoms with van der Waals surface area (Å²) >= 11 is 0. The Morgan fingerprint density at radius 3 is 2.53 bits per heavy atom. The maximum Gasteiger partial charge on any atom is 0.224 e. The molecule has 0 radical (unpaired) electrons. The van der Waals surface area contributed by atoms with Gasteiger partial charge >= 0.3 is 0 Å². The number of benzene rings is 1. The number of primary amides is 1. The fraction of sp³-hybridized carbons (Fsp3) is 0.273. The Balaban J connectivity index is 2.52. The van der Waals surface area contributed by atoms with E-state index in [2.05, 4.69) is 5.32 Å². The van der Waals surface area contributed by atoms with Crippen molar-refractivity contribution >= 4 is 17.5 Å². The summed E-state index contributed by atoms with van der Waals surface area (Å²) in [6, 6.07) is 7.46. The van der Waals surface area contributed by atoms with Gasteiger partial charge in [-0.3, -0.25) is 9.59 Å². The lowest BCUT2D eigenvalue weighted by Crippen LogP contribution is -2.17. The third kappa shape index (κ3) is 3.81. The van der Waals surface area contributed by atoms with Gasteiger partial charge in [0.2, 0.25) is 11.8 Å². The van der Waals surface area contributed by atoms with Crippen LogP contribution in [0.4, 0.5) is 5.69 Å². The molecule has 0 bridgehead atoms. The average Bonchev–Trinajstić information content (AvgIpc) is 2.18. The van der Waals surface area contributed by atoms with Crippen molar-refractivity contribution in [1.82, 2.24) is 0 Å². The van der Waals surface area contributed by atoms with Crippen LogP contribution >= 0.6 is 0 Å². The Labute approximate surface area is 88.5 Å². The molecule has 4 heteroatoms. The molecule has 1 rings (SSSR count). The summed E-state index contributed by atoms with van der Waals surface area (Å²) in [5, 5.41) is 2.72. The number of nitrogens with one attached hydrogen (secondary N) is 1. The zero-order valence-corrected chi connectivity index (χ0v) is 8.62. The highest BCUT2D eigenvalue weighted by atomic mass is 16.2. The zero-order chi connectivity index (χ0) is 11.3. The summed E-state index contributed by atoms with van der Waals surface area (Å²) in [5.74, 6) is -0.655. The van der Waals surface area contributed by atoms with Crippen molar-refractivity contribution in [2.45, 2.75) is 19.8 Å². The Kier molecular flexibility index (Phi) is 3.85. The van der Waals surface area contributed by atoms with Crippen LogP contribution in [-0.2, 0) is 9.59 Å². The van der Waals surface area contributed by atoms with Crippen LogP contribution in [0.3, 0.4) is 0 Å². The van der Waals surface area contributed by atoms with Gasteiger partial charge in [-0.25, -0.2) is 0 Å². The Morgan fingerprint density at radius 2 is 1.93 bits per heavy atom. The molecule has 80 valence electrons. The first-order chi connectivity index (χ1) is 7.09. The summed E-state index contributed by atoms with van der Waals surface area (Å²) in [6.07, 6.45) is 0.210. The van der Waals surface area contributed by atoms with Crippen molar-refractivity contribution in [2.75, 3.05) is 5.32 Å². The fourth-order valence-electron chi connectivity index (χ4n) is 1.16. The number of hydrogen-bond donors (Lipinski definition) is 2. The lowest BCUT2D eigenvalue weighted by Gasteiger charge is -2.06. The van der Waals surface area contributed by atoms with Gasteiger partial charge in [0.15, 0.2) is 0 Å². The molecule has 0 aromatic heterocycles. The normalized spacial score (nSPS) is 9.67. The fourth-order valence-corrected chi connectivity index (χ4v) is 1.16. The topological polar surface area (TPSA) is 72.2 Å². The second kappa shape index (κ2) is 5.14. The molecule has 0 saturated carbocycles. The van der Waals surface area contributed by atoms with Crippen LogP contribution in [0.25, 0.3) is 0 Å². The molecule has 1 aromatic carbocycles. The Morgan fingerprint density at radius 1 is 1.27 bits per heavy atom. The number of hydrogen-bond acceptors (Lipinski definition) is 2. The zero-order valence-electron chi connectivity index (χ0n) is 8.62. The summed E-state index contributed by atoms with van der Waals surface area (Å²) in [5.41, 5.74) is 6.71. The number of amides is 2. The van der Waals surface area contributed by atoms with Crippen molar-refractivity contribution < 1.29 is 9.59 Å². The van der Waals surface area contributed by atoms with E-state index < -0.39 is 5.91 Å². The standard InChI is InChI=1S/C11H14N2O2/c1-8-4-2-3-5-9(8)13-11(15)7-6-10(12)14/h2-5H,6-7H2,1H3,(H2,12,14)(H,13,15). The number of para-hydroxylation sites is 1. The number of anilines is 1. The van der Waals surface area contributed by atoms with Gasteiger partial charge in [-0.05, 0) is 18.6 Å². The van der Waals surface area contributed by atoms with Gasteiger partial charge in [-0.15, -0.1) is 0 Å². The van der Waals surface area contributed by atoms with Crippen LogP contribution < -0.4 is 11.1 Å². The highest BCUT2D eigenvalue weighted by Crippen LogP contribution is 2.13. The molecule has 0 aliphatic rings. The summed E-state index contributed by atoms with van der Waals surface area (Å²) in [6.45, 7) is 1.91. The minimum absolute atomic E-state index is 0.0811. The maximum absolute atomic E-state index is 11.4. The predicted octanol–water partition coefficient (Wildman–Crippen LogP) is 1.20. The van der Waals surface area contributed by atoms with Crippen molar-refractivity contribution in [2.24, 2.45) is 5.73 Å². The maximum atomic E-state index is 11.4. The first-order valence-electron chi connectivity index (χ1n) is 4.73. The first-order valence-corrected chi connectivity index (χ1v) is 4.73. The average molecular weight is 206 g/mol. The smallest absolute Gasteiger partial charge is 0.224 e. The van der Waals surface area contributed by atoms with E-state index in [1.807, 2.05) is 31.2 Å². The quantitative estimate of drug-likeness (QED) is 0.776.